The van der Waals surface area contributed by atoms with Crippen molar-refractivity contribution in [1.29, 1.82) is 0 Å². The van der Waals surface area contributed by atoms with Crippen LogP contribution >= 0.6 is 0 Å². The molecule has 1 unspecified atom stereocenters. The monoisotopic (exact) mass is 404 g/mol. The molecule has 5 nitrogen and oxygen atoms in total. The summed E-state index contributed by atoms with van der Waals surface area (Å²) in [6, 6.07) is 8.08. The fraction of sp³-hybridized carbons (Fsp3) is 0.696. The first-order chi connectivity index (χ1) is 14.1. The summed E-state index contributed by atoms with van der Waals surface area (Å²) in [5.41, 5.74) is 1.08. The van der Waals surface area contributed by atoms with Crippen molar-refractivity contribution in [3.63, 3.8) is 0 Å². The molecule has 3 fully saturated rings. The van der Waals surface area contributed by atoms with Crippen molar-refractivity contribution < 1.29 is 18.7 Å². The van der Waals surface area contributed by atoms with E-state index >= 15 is 0 Å². The van der Waals surface area contributed by atoms with E-state index in [1.54, 1.807) is 19.2 Å². The summed E-state index contributed by atoms with van der Waals surface area (Å²) in [4.78, 5) is 16.9. The summed E-state index contributed by atoms with van der Waals surface area (Å²) < 4.78 is 24.6. The Kier molecular flexibility index (Phi) is 6.52. The molecule has 1 atom stereocenters. The molecule has 0 bridgehead atoms. The number of likely N-dealkylation sites (tertiary alicyclic amines) is 1. The van der Waals surface area contributed by atoms with E-state index in [0.717, 1.165) is 51.9 Å². The molecule has 29 heavy (non-hydrogen) atoms. The molecule has 0 aromatic heterocycles. The van der Waals surface area contributed by atoms with Gasteiger partial charge in [-0.15, -0.1) is 0 Å². The Bertz CT molecular complexity index is 684. The first-order valence-electron chi connectivity index (χ1n) is 11.0. The van der Waals surface area contributed by atoms with E-state index in [-0.39, 0.29) is 17.3 Å². The van der Waals surface area contributed by atoms with E-state index in [0.29, 0.717) is 25.1 Å². The number of piperidine rings is 1. The minimum absolute atomic E-state index is 0.100. The maximum atomic E-state index is 13.3. The molecule has 0 radical (unpaired) electrons. The number of halogens is 1. The molecule has 0 N–H and O–H groups in total. The van der Waals surface area contributed by atoms with Crippen LogP contribution in [0.2, 0.25) is 0 Å². The second-order valence-electron chi connectivity index (χ2n) is 8.83. The van der Waals surface area contributed by atoms with Gasteiger partial charge in [-0.05, 0) is 56.2 Å². The molecule has 1 spiro atoms. The molecule has 1 aliphatic carbocycles. The number of methoxy groups -OCH3 is 1. The standard InChI is InChI=1S/C23H33FN2O3/c1-28-14-9-22(27)25-12-10-23(11-13-25)16-21(8-15-29-23)26(20-6-7-20)17-18-2-4-19(24)5-3-18/h2-5,20-21H,6-17H2,1H3. The van der Waals surface area contributed by atoms with Gasteiger partial charge in [0, 0.05) is 45.4 Å². The lowest BCUT2D eigenvalue weighted by molar-refractivity contribution is -0.150. The number of hydrogen-bond donors (Lipinski definition) is 0. The highest BCUT2D eigenvalue weighted by atomic mass is 19.1. The van der Waals surface area contributed by atoms with Crippen LogP contribution in [0.15, 0.2) is 24.3 Å². The van der Waals surface area contributed by atoms with Crippen molar-refractivity contribution in [1.82, 2.24) is 9.80 Å². The van der Waals surface area contributed by atoms with Crippen LogP contribution in [0.3, 0.4) is 0 Å². The summed E-state index contributed by atoms with van der Waals surface area (Å²) in [5, 5.41) is 0. The van der Waals surface area contributed by atoms with Gasteiger partial charge in [-0.2, -0.15) is 0 Å². The van der Waals surface area contributed by atoms with Crippen LogP contribution in [0, 0.1) is 5.82 Å². The minimum atomic E-state index is -0.177. The average Bonchev–Trinajstić information content (AvgIpc) is 3.57. The van der Waals surface area contributed by atoms with E-state index in [1.165, 1.54) is 18.4 Å². The van der Waals surface area contributed by atoms with Gasteiger partial charge in [0.1, 0.15) is 5.82 Å². The maximum Gasteiger partial charge on any atom is 0.224 e. The third-order valence-corrected chi connectivity index (χ3v) is 6.78. The van der Waals surface area contributed by atoms with Gasteiger partial charge >= 0.3 is 0 Å². The van der Waals surface area contributed by atoms with Gasteiger partial charge in [-0.1, -0.05) is 12.1 Å². The topological polar surface area (TPSA) is 42.0 Å². The van der Waals surface area contributed by atoms with Crippen LogP contribution in [0.5, 0.6) is 0 Å². The van der Waals surface area contributed by atoms with Crippen molar-refractivity contribution in [3.05, 3.63) is 35.6 Å². The normalized spacial score (nSPS) is 24.2. The van der Waals surface area contributed by atoms with Crippen LogP contribution in [-0.2, 0) is 20.8 Å². The number of ether oxygens (including phenoxy) is 2. The summed E-state index contributed by atoms with van der Waals surface area (Å²) >= 11 is 0. The Hall–Kier alpha value is -1.50. The van der Waals surface area contributed by atoms with Crippen LogP contribution in [0.4, 0.5) is 4.39 Å². The number of benzene rings is 1. The number of carbonyl (C=O) groups is 1. The first kappa shape index (κ1) is 20.8. The van der Waals surface area contributed by atoms with Crippen LogP contribution in [-0.4, -0.2) is 66.8 Å². The van der Waals surface area contributed by atoms with Gasteiger partial charge in [0.2, 0.25) is 5.91 Å². The summed E-state index contributed by atoms with van der Waals surface area (Å²) in [5.74, 6) is 0.00789. The second-order valence-corrected chi connectivity index (χ2v) is 8.83. The van der Waals surface area contributed by atoms with E-state index < -0.39 is 0 Å². The SMILES string of the molecule is COCCC(=O)N1CCC2(CC1)CC(N(Cc1ccc(F)cc1)C1CC1)CCO2. The van der Waals surface area contributed by atoms with Crippen molar-refractivity contribution in [2.75, 3.05) is 33.4 Å². The van der Waals surface area contributed by atoms with Gasteiger partial charge in [0.25, 0.3) is 0 Å². The van der Waals surface area contributed by atoms with E-state index in [4.69, 9.17) is 9.47 Å². The molecule has 1 saturated carbocycles. The smallest absolute Gasteiger partial charge is 0.224 e. The zero-order chi connectivity index (χ0) is 20.3. The van der Waals surface area contributed by atoms with E-state index in [2.05, 4.69) is 4.90 Å². The molecular weight excluding hydrogens is 371 g/mol. The van der Waals surface area contributed by atoms with Crippen LogP contribution < -0.4 is 0 Å². The number of carbonyl (C=O) groups excluding carboxylic acids is 1. The number of amides is 1. The van der Waals surface area contributed by atoms with Gasteiger partial charge in [-0.3, -0.25) is 9.69 Å². The molecule has 6 heteroatoms. The molecule has 1 amide bonds. The number of nitrogens with zero attached hydrogens (tertiary/aromatic N) is 2. The Morgan fingerprint density at radius 2 is 1.93 bits per heavy atom. The fourth-order valence-corrected chi connectivity index (χ4v) is 4.91. The van der Waals surface area contributed by atoms with Crippen LogP contribution in [0.25, 0.3) is 0 Å². The predicted octanol–water partition coefficient (Wildman–Crippen LogP) is 3.37. The van der Waals surface area contributed by atoms with Crippen molar-refractivity contribution >= 4 is 5.91 Å². The molecular formula is C23H33FN2O3. The third kappa shape index (κ3) is 5.16. The van der Waals surface area contributed by atoms with E-state index in [1.807, 2.05) is 17.0 Å². The Morgan fingerprint density at radius 3 is 2.59 bits per heavy atom. The van der Waals surface area contributed by atoms with E-state index in [9.17, 15) is 9.18 Å². The highest BCUT2D eigenvalue weighted by Gasteiger charge is 2.44. The quantitative estimate of drug-likeness (QED) is 0.699. The first-order valence-corrected chi connectivity index (χ1v) is 11.0. The number of rotatable bonds is 7. The molecule has 2 aliphatic heterocycles. The summed E-state index contributed by atoms with van der Waals surface area (Å²) in [6.45, 7) is 3.70. The lowest BCUT2D eigenvalue weighted by Crippen LogP contribution is -2.54. The third-order valence-electron chi connectivity index (χ3n) is 6.78. The Morgan fingerprint density at radius 1 is 1.21 bits per heavy atom. The zero-order valence-electron chi connectivity index (χ0n) is 17.4. The van der Waals surface area contributed by atoms with Crippen molar-refractivity contribution in [2.45, 2.75) is 69.2 Å². The highest BCUT2D eigenvalue weighted by molar-refractivity contribution is 5.76. The fourth-order valence-electron chi connectivity index (χ4n) is 4.91. The van der Waals surface area contributed by atoms with Crippen molar-refractivity contribution in [3.8, 4) is 0 Å². The minimum Gasteiger partial charge on any atom is -0.384 e. The molecule has 2 heterocycles. The van der Waals surface area contributed by atoms with Gasteiger partial charge in [0.15, 0.2) is 0 Å². The largest absolute Gasteiger partial charge is 0.384 e. The highest BCUT2D eigenvalue weighted by Crippen LogP contribution is 2.40. The predicted molar refractivity (Wildman–Crippen MR) is 109 cm³/mol. The number of hydrogen-bond acceptors (Lipinski definition) is 4. The van der Waals surface area contributed by atoms with Gasteiger partial charge in [-0.25, -0.2) is 4.39 Å². The molecule has 160 valence electrons. The van der Waals surface area contributed by atoms with Gasteiger partial charge < -0.3 is 14.4 Å². The van der Waals surface area contributed by atoms with Crippen LogP contribution in [0.1, 0.15) is 50.5 Å². The molecule has 4 rings (SSSR count). The Labute approximate surface area is 173 Å². The summed E-state index contributed by atoms with van der Waals surface area (Å²) in [6.07, 6.45) is 6.88. The van der Waals surface area contributed by atoms with Gasteiger partial charge in [0.05, 0.1) is 18.6 Å². The average molecular weight is 405 g/mol. The molecule has 3 aliphatic rings. The molecule has 1 aromatic rings. The maximum absolute atomic E-state index is 13.3. The second kappa shape index (κ2) is 9.11. The Balaban J connectivity index is 1.37. The lowest BCUT2D eigenvalue weighted by Gasteiger charge is -2.48. The molecule has 2 saturated heterocycles. The lowest BCUT2D eigenvalue weighted by atomic mass is 9.81. The zero-order valence-corrected chi connectivity index (χ0v) is 17.4. The summed E-state index contributed by atoms with van der Waals surface area (Å²) in [7, 11) is 1.63. The van der Waals surface area contributed by atoms with Crippen molar-refractivity contribution in [2.24, 2.45) is 0 Å². The molecule has 1 aromatic carbocycles.